The summed E-state index contributed by atoms with van der Waals surface area (Å²) >= 11 is 0. The minimum Gasteiger partial charge on any atom is -0.395 e. The third-order valence-corrected chi connectivity index (χ3v) is 2.60. The van der Waals surface area contributed by atoms with Crippen molar-refractivity contribution in [3.63, 3.8) is 0 Å². The predicted octanol–water partition coefficient (Wildman–Crippen LogP) is 0.283. The van der Waals surface area contributed by atoms with Crippen molar-refractivity contribution in [3.05, 3.63) is 11.7 Å². The quantitative estimate of drug-likeness (QED) is 0.784. The standard InChI is InChI=1S/C9H14FN3O2/c1-6-11-9(12-15-6)4-13-3-7(10)2-8(13)5-14/h7-8,14H,2-5H2,1H3/t7-,8-/m0/s1. The van der Waals surface area contributed by atoms with E-state index in [1.54, 1.807) is 6.92 Å². The summed E-state index contributed by atoms with van der Waals surface area (Å²) in [7, 11) is 0. The second-order valence-electron chi connectivity index (χ2n) is 3.83. The van der Waals surface area contributed by atoms with E-state index < -0.39 is 6.17 Å². The van der Waals surface area contributed by atoms with Gasteiger partial charge in [-0.3, -0.25) is 4.90 Å². The monoisotopic (exact) mass is 215 g/mol. The van der Waals surface area contributed by atoms with E-state index in [4.69, 9.17) is 9.63 Å². The van der Waals surface area contributed by atoms with Crippen LogP contribution in [0.15, 0.2) is 4.52 Å². The van der Waals surface area contributed by atoms with Gasteiger partial charge in [0.05, 0.1) is 13.2 Å². The number of alkyl halides is 1. The minimum atomic E-state index is -0.866. The van der Waals surface area contributed by atoms with Crippen molar-refractivity contribution in [1.82, 2.24) is 15.0 Å². The summed E-state index contributed by atoms with van der Waals surface area (Å²) in [5, 5.41) is 12.8. The number of aromatic nitrogens is 2. The lowest BCUT2D eigenvalue weighted by Gasteiger charge is -2.19. The molecule has 1 aliphatic heterocycles. The maximum Gasteiger partial charge on any atom is 0.223 e. The molecule has 0 saturated carbocycles. The highest BCUT2D eigenvalue weighted by Gasteiger charge is 2.32. The maximum atomic E-state index is 13.1. The number of hydrogen-bond acceptors (Lipinski definition) is 5. The van der Waals surface area contributed by atoms with Crippen LogP contribution in [0.4, 0.5) is 4.39 Å². The van der Waals surface area contributed by atoms with Crippen molar-refractivity contribution in [2.45, 2.75) is 32.1 Å². The van der Waals surface area contributed by atoms with Gasteiger partial charge in [-0.1, -0.05) is 5.16 Å². The van der Waals surface area contributed by atoms with Gasteiger partial charge in [0.15, 0.2) is 5.82 Å². The van der Waals surface area contributed by atoms with Crippen molar-refractivity contribution in [1.29, 1.82) is 0 Å². The van der Waals surface area contributed by atoms with Crippen LogP contribution in [0.3, 0.4) is 0 Å². The normalized spacial score (nSPS) is 27.4. The zero-order valence-electron chi connectivity index (χ0n) is 8.56. The summed E-state index contributed by atoms with van der Waals surface area (Å²) in [5.74, 6) is 1.04. The summed E-state index contributed by atoms with van der Waals surface area (Å²) in [5.41, 5.74) is 0. The molecule has 1 N–H and O–H groups in total. The molecule has 1 aromatic rings. The highest BCUT2D eigenvalue weighted by molar-refractivity contribution is 4.90. The highest BCUT2D eigenvalue weighted by atomic mass is 19.1. The van der Waals surface area contributed by atoms with E-state index in [1.165, 1.54) is 0 Å². The topological polar surface area (TPSA) is 62.4 Å². The molecule has 0 bridgehead atoms. The molecule has 15 heavy (non-hydrogen) atoms. The van der Waals surface area contributed by atoms with E-state index in [2.05, 4.69) is 10.1 Å². The Hall–Kier alpha value is -1.01. The fraction of sp³-hybridized carbons (Fsp3) is 0.778. The number of halogens is 1. The third kappa shape index (κ3) is 2.32. The fourth-order valence-corrected chi connectivity index (χ4v) is 1.89. The first-order chi connectivity index (χ1) is 7.19. The molecule has 0 radical (unpaired) electrons. The molecule has 0 aromatic carbocycles. The molecule has 0 spiro atoms. The summed E-state index contributed by atoms with van der Waals surface area (Å²) in [6.07, 6.45) is -0.483. The second kappa shape index (κ2) is 4.24. The Labute approximate surface area is 86.9 Å². The Morgan fingerprint density at radius 2 is 2.47 bits per heavy atom. The van der Waals surface area contributed by atoms with Crippen molar-refractivity contribution in [2.24, 2.45) is 0 Å². The molecule has 5 nitrogen and oxygen atoms in total. The van der Waals surface area contributed by atoms with E-state index in [9.17, 15) is 4.39 Å². The molecule has 2 rings (SSSR count). The van der Waals surface area contributed by atoms with E-state index >= 15 is 0 Å². The van der Waals surface area contributed by atoms with Crippen molar-refractivity contribution >= 4 is 0 Å². The molecule has 0 aliphatic carbocycles. The zero-order valence-corrected chi connectivity index (χ0v) is 8.56. The van der Waals surface area contributed by atoms with E-state index in [0.29, 0.717) is 31.2 Å². The molecule has 1 aliphatic rings. The highest BCUT2D eigenvalue weighted by Crippen LogP contribution is 2.21. The van der Waals surface area contributed by atoms with Crippen LogP contribution >= 0.6 is 0 Å². The lowest BCUT2D eigenvalue weighted by Crippen LogP contribution is -2.32. The Morgan fingerprint density at radius 3 is 3.07 bits per heavy atom. The summed E-state index contributed by atoms with van der Waals surface area (Å²) < 4.78 is 17.9. The van der Waals surface area contributed by atoms with Crippen LogP contribution < -0.4 is 0 Å². The van der Waals surface area contributed by atoms with Crippen LogP contribution in [0.25, 0.3) is 0 Å². The Morgan fingerprint density at radius 1 is 1.67 bits per heavy atom. The number of rotatable bonds is 3. The molecule has 84 valence electrons. The summed E-state index contributed by atoms with van der Waals surface area (Å²) in [6, 6.07) is -0.126. The maximum absolute atomic E-state index is 13.1. The van der Waals surface area contributed by atoms with Crippen molar-refractivity contribution in [2.75, 3.05) is 13.2 Å². The minimum absolute atomic E-state index is 0.0305. The molecule has 2 atom stereocenters. The average Bonchev–Trinajstić information content (AvgIpc) is 2.73. The van der Waals surface area contributed by atoms with Gasteiger partial charge < -0.3 is 9.63 Å². The van der Waals surface area contributed by atoms with E-state index in [-0.39, 0.29) is 12.6 Å². The third-order valence-electron chi connectivity index (χ3n) is 2.60. The number of aliphatic hydroxyl groups excluding tert-OH is 1. The van der Waals surface area contributed by atoms with Crippen LogP contribution in [0.2, 0.25) is 0 Å². The van der Waals surface area contributed by atoms with Gasteiger partial charge in [0, 0.05) is 19.5 Å². The first kappa shape index (κ1) is 10.5. The average molecular weight is 215 g/mol. The molecular formula is C9H14FN3O2. The summed E-state index contributed by atoms with van der Waals surface area (Å²) in [4.78, 5) is 5.89. The lowest BCUT2D eigenvalue weighted by molar-refractivity contribution is 0.149. The van der Waals surface area contributed by atoms with Gasteiger partial charge in [-0.2, -0.15) is 4.98 Å². The van der Waals surface area contributed by atoms with Crippen LogP contribution in [0, 0.1) is 6.92 Å². The van der Waals surface area contributed by atoms with Gasteiger partial charge in [0.1, 0.15) is 6.17 Å². The first-order valence-corrected chi connectivity index (χ1v) is 4.97. The van der Waals surface area contributed by atoms with Gasteiger partial charge >= 0.3 is 0 Å². The molecule has 2 heterocycles. The molecular weight excluding hydrogens is 201 g/mol. The molecule has 1 aromatic heterocycles. The van der Waals surface area contributed by atoms with E-state index in [1.807, 2.05) is 4.90 Å². The Kier molecular flexibility index (Phi) is 2.97. The molecule has 1 fully saturated rings. The van der Waals surface area contributed by atoms with Gasteiger partial charge in [-0.25, -0.2) is 4.39 Å². The number of nitrogens with zero attached hydrogens (tertiary/aromatic N) is 3. The van der Waals surface area contributed by atoms with Crippen LogP contribution in [0.5, 0.6) is 0 Å². The molecule has 1 saturated heterocycles. The number of likely N-dealkylation sites (tertiary alicyclic amines) is 1. The van der Waals surface area contributed by atoms with E-state index in [0.717, 1.165) is 0 Å². The lowest BCUT2D eigenvalue weighted by atomic mass is 10.2. The number of aliphatic hydroxyl groups is 1. The van der Waals surface area contributed by atoms with Crippen molar-refractivity contribution in [3.8, 4) is 0 Å². The summed E-state index contributed by atoms with van der Waals surface area (Å²) in [6.45, 7) is 2.45. The number of aryl methyl sites for hydroxylation is 1. The smallest absolute Gasteiger partial charge is 0.223 e. The second-order valence-corrected chi connectivity index (χ2v) is 3.83. The molecule has 0 unspecified atom stereocenters. The largest absolute Gasteiger partial charge is 0.395 e. The van der Waals surface area contributed by atoms with Gasteiger partial charge in [0.2, 0.25) is 5.89 Å². The van der Waals surface area contributed by atoms with Gasteiger partial charge in [0.25, 0.3) is 0 Å². The zero-order chi connectivity index (χ0) is 10.8. The molecule has 0 amide bonds. The molecule has 6 heteroatoms. The van der Waals surface area contributed by atoms with Gasteiger partial charge in [-0.05, 0) is 6.42 Å². The van der Waals surface area contributed by atoms with Gasteiger partial charge in [-0.15, -0.1) is 0 Å². The van der Waals surface area contributed by atoms with Crippen molar-refractivity contribution < 1.29 is 14.0 Å². The number of hydrogen-bond donors (Lipinski definition) is 1. The SMILES string of the molecule is Cc1nc(CN2C[C@@H](F)C[C@H]2CO)no1. The van der Waals surface area contributed by atoms with Crippen LogP contribution in [-0.2, 0) is 6.54 Å². The van der Waals surface area contributed by atoms with Crippen LogP contribution in [0.1, 0.15) is 18.1 Å². The Balaban J connectivity index is 1.99. The first-order valence-electron chi connectivity index (χ1n) is 4.97. The Bertz CT molecular complexity index is 331. The van der Waals surface area contributed by atoms with Crippen LogP contribution in [-0.4, -0.2) is 45.5 Å². The fourth-order valence-electron chi connectivity index (χ4n) is 1.89. The predicted molar refractivity (Wildman–Crippen MR) is 49.8 cm³/mol.